The molecule has 0 bridgehead atoms. The van der Waals surface area contributed by atoms with Crippen molar-refractivity contribution in [3.63, 3.8) is 0 Å². The van der Waals surface area contributed by atoms with Crippen molar-refractivity contribution < 1.29 is 9.90 Å². The van der Waals surface area contributed by atoms with Crippen LogP contribution in [-0.2, 0) is 4.79 Å². The van der Waals surface area contributed by atoms with Crippen molar-refractivity contribution in [1.82, 2.24) is 0 Å². The highest BCUT2D eigenvalue weighted by Gasteiger charge is 2.58. The number of carbonyl (C=O) groups excluding carboxylic acids is 1. The molecule has 2 nitrogen and oxygen atoms in total. The fourth-order valence-corrected chi connectivity index (χ4v) is 8.79. The van der Waals surface area contributed by atoms with Gasteiger partial charge in [-0.15, -0.1) is 0 Å². The third-order valence-corrected chi connectivity index (χ3v) is 10.3. The Balaban J connectivity index is 1.47. The number of carbonyl (C=O) groups is 1. The fraction of sp³-hybridized carbons (Fsp3) is 0.960. The maximum atomic E-state index is 10.9. The summed E-state index contributed by atoms with van der Waals surface area (Å²) in [6.07, 6.45) is 15.7. The van der Waals surface area contributed by atoms with Gasteiger partial charge in [-0.3, -0.25) is 0 Å². The molecular weight excluding hydrogens is 332 g/mol. The first-order chi connectivity index (χ1) is 12.9. The molecule has 4 fully saturated rings. The third-order valence-electron chi connectivity index (χ3n) is 10.3. The number of rotatable bonds is 5. The van der Waals surface area contributed by atoms with Gasteiger partial charge in [-0.25, -0.2) is 0 Å². The van der Waals surface area contributed by atoms with Crippen molar-refractivity contribution in [1.29, 1.82) is 0 Å². The topological polar surface area (TPSA) is 37.3 Å². The van der Waals surface area contributed by atoms with E-state index in [4.69, 9.17) is 0 Å². The van der Waals surface area contributed by atoms with Gasteiger partial charge in [0.25, 0.3) is 0 Å². The summed E-state index contributed by atoms with van der Waals surface area (Å²) in [6.45, 7) is 7.20. The monoisotopic (exact) mass is 374 g/mol. The van der Waals surface area contributed by atoms with E-state index in [0.717, 1.165) is 73.9 Å². The van der Waals surface area contributed by atoms with Gasteiger partial charge in [0.1, 0.15) is 6.29 Å². The summed E-state index contributed by atoms with van der Waals surface area (Å²) in [4.78, 5) is 10.9. The number of hydrogen-bond acceptors (Lipinski definition) is 2. The van der Waals surface area contributed by atoms with Crippen LogP contribution in [0.5, 0.6) is 0 Å². The van der Waals surface area contributed by atoms with Crippen LogP contribution in [0.2, 0.25) is 0 Å². The van der Waals surface area contributed by atoms with Gasteiger partial charge in [-0.2, -0.15) is 0 Å². The van der Waals surface area contributed by atoms with Crippen molar-refractivity contribution in [2.45, 2.75) is 103 Å². The second-order valence-corrected chi connectivity index (χ2v) is 11.2. The van der Waals surface area contributed by atoms with E-state index >= 15 is 0 Å². The fourth-order valence-electron chi connectivity index (χ4n) is 8.79. The third kappa shape index (κ3) is 3.32. The molecule has 2 heteroatoms. The Morgan fingerprint density at radius 1 is 1.04 bits per heavy atom. The number of hydrogen-bond donors (Lipinski definition) is 1. The molecule has 0 aromatic rings. The van der Waals surface area contributed by atoms with E-state index in [0.29, 0.717) is 11.3 Å². The van der Waals surface area contributed by atoms with Gasteiger partial charge in [0.05, 0.1) is 5.60 Å². The van der Waals surface area contributed by atoms with Crippen LogP contribution >= 0.6 is 0 Å². The average Bonchev–Trinajstić information content (AvgIpc) is 3.03. The van der Waals surface area contributed by atoms with E-state index in [2.05, 4.69) is 20.8 Å². The van der Waals surface area contributed by atoms with E-state index in [9.17, 15) is 9.90 Å². The average molecular weight is 375 g/mol. The van der Waals surface area contributed by atoms with E-state index in [1.165, 1.54) is 44.9 Å². The van der Waals surface area contributed by atoms with Gasteiger partial charge >= 0.3 is 0 Å². The minimum Gasteiger partial charge on any atom is -0.390 e. The Kier molecular flexibility index (Phi) is 5.51. The Morgan fingerprint density at radius 3 is 2.56 bits per heavy atom. The van der Waals surface area contributed by atoms with E-state index in [1.807, 2.05) is 0 Å². The molecule has 0 radical (unpaired) electrons. The first-order valence-corrected chi connectivity index (χ1v) is 12.1. The van der Waals surface area contributed by atoms with Crippen molar-refractivity contribution >= 4 is 6.29 Å². The van der Waals surface area contributed by atoms with Crippen LogP contribution in [0.25, 0.3) is 0 Å². The lowest BCUT2D eigenvalue weighted by molar-refractivity contribution is -0.110. The molecule has 0 amide bonds. The maximum absolute atomic E-state index is 10.9. The minimum absolute atomic E-state index is 0.357. The SMILES string of the molecule is CC[C@]1(O)CCC2[C@@H](CC[C@@H]3[C@@H]2CC[C@]2(C)[C@@H]([C@H](C)CCC=O)CC[C@@H]32)C1. The summed E-state index contributed by atoms with van der Waals surface area (Å²) in [5, 5.41) is 10.8. The molecule has 9 atom stereocenters. The Morgan fingerprint density at radius 2 is 1.81 bits per heavy atom. The Hall–Kier alpha value is -0.370. The quantitative estimate of drug-likeness (QED) is 0.598. The lowest BCUT2D eigenvalue weighted by Crippen LogP contribution is -2.51. The second kappa shape index (κ2) is 7.47. The van der Waals surface area contributed by atoms with E-state index in [-0.39, 0.29) is 5.60 Å². The molecule has 1 unspecified atom stereocenters. The van der Waals surface area contributed by atoms with Crippen molar-refractivity contribution in [3.05, 3.63) is 0 Å². The highest BCUT2D eigenvalue weighted by molar-refractivity contribution is 5.49. The largest absolute Gasteiger partial charge is 0.390 e. The zero-order chi connectivity index (χ0) is 19.2. The molecule has 0 aliphatic heterocycles. The van der Waals surface area contributed by atoms with Crippen molar-refractivity contribution in [3.8, 4) is 0 Å². The molecule has 0 heterocycles. The highest BCUT2D eigenvalue weighted by Crippen LogP contribution is 2.66. The van der Waals surface area contributed by atoms with Crippen LogP contribution in [0.4, 0.5) is 0 Å². The zero-order valence-electron chi connectivity index (χ0n) is 18.0. The van der Waals surface area contributed by atoms with Gasteiger partial charge in [0.2, 0.25) is 0 Å². The molecule has 0 aromatic heterocycles. The first-order valence-electron chi connectivity index (χ1n) is 12.1. The minimum atomic E-state index is -0.357. The second-order valence-electron chi connectivity index (χ2n) is 11.2. The van der Waals surface area contributed by atoms with Crippen LogP contribution < -0.4 is 0 Å². The molecule has 4 aliphatic rings. The Bertz CT molecular complexity index is 544. The number of aldehydes is 1. The predicted molar refractivity (Wildman–Crippen MR) is 110 cm³/mol. The summed E-state index contributed by atoms with van der Waals surface area (Å²) in [5.41, 5.74) is 0.165. The van der Waals surface area contributed by atoms with Gasteiger partial charge in [0.15, 0.2) is 0 Å². The van der Waals surface area contributed by atoms with Gasteiger partial charge < -0.3 is 9.90 Å². The van der Waals surface area contributed by atoms with E-state index in [1.54, 1.807) is 0 Å². The summed E-state index contributed by atoms with van der Waals surface area (Å²) in [7, 11) is 0. The number of fused-ring (bicyclic) bond motifs is 5. The molecule has 0 saturated heterocycles. The summed E-state index contributed by atoms with van der Waals surface area (Å²) < 4.78 is 0. The number of aliphatic hydroxyl groups is 1. The Labute approximate surface area is 166 Å². The standard InChI is InChI=1S/C25H42O2/c1-4-25(27)14-12-19-18(16-25)7-8-21-20(19)11-13-24(3)22(9-10-23(21)24)17(2)6-5-15-26/h15,17-23,27H,4-14,16H2,1-3H3/t17-,18+,19?,20-,21-,22-,23+,24-,25+/m1/s1. The molecule has 4 aliphatic carbocycles. The van der Waals surface area contributed by atoms with Crippen molar-refractivity contribution in [2.24, 2.45) is 46.8 Å². The summed E-state index contributed by atoms with van der Waals surface area (Å²) in [6, 6.07) is 0. The normalized spacial score (nSPS) is 50.4. The van der Waals surface area contributed by atoms with Crippen LogP contribution in [0.1, 0.15) is 97.8 Å². The molecular formula is C25H42O2. The predicted octanol–water partition coefficient (Wildman–Crippen LogP) is 6.01. The summed E-state index contributed by atoms with van der Waals surface area (Å²) >= 11 is 0. The van der Waals surface area contributed by atoms with Gasteiger partial charge in [-0.1, -0.05) is 20.8 Å². The lowest BCUT2D eigenvalue weighted by atomic mass is 9.48. The van der Waals surface area contributed by atoms with Gasteiger partial charge in [-0.05, 0) is 117 Å². The van der Waals surface area contributed by atoms with E-state index < -0.39 is 0 Å². The van der Waals surface area contributed by atoms with Crippen LogP contribution in [0.15, 0.2) is 0 Å². The maximum Gasteiger partial charge on any atom is 0.120 e. The lowest BCUT2D eigenvalue weighted by Gasteiger charge is -2.57. The molecule has 0 aromatic carbocycles. The molecule has 1 N–H and O–H groups in total. The van der Waals surface area contributed by atoms with Crippen LogP contribution in [0, 0.1) is 46.8 Å². The zero-order valence-corrected chi connectivity index (χ0v) is 18.0. The smallest absolute Gasteiger partial charge is 0.120 e. The molecule has 27 heavy (non-hydrogen) atoms. The van der Waals surface area contributed by atoms with Crippen LogP contribution in [0.3, 0.4) is 0 Å². The molecule has 0 spiro atoms. The summed E-state index contributed by atoms with van der Waals surface area (Å²) in [5.74, 6) is 6.02. The van der Waals surface area contributed by atoms with Crippen molar-refractivity contribution in [2.75, 3.05) is 0 Å². The molecule has 4 saturated carbocycles. The molecule has 4 rings (SSSR count). The van der Waals surface area contributed by atoms with Crippen LogP contribution in [-0.4, -0.2) is 17.0 Å². The first kappa shape index (κ1) is 19.9. The highest BCUT2D eigenvalue weighted by atomic mass is 16.3. The molecule has 154 valence electrons. The van der Waals surface area contributed by atoms with Gasteiger partial charge in [0, 0.05) is 6.42 Å².